The second kappa shape index (κ2) is 18.4. The maximum absolute atomic E-state index is 12.8. The van der Waals surface area contributed by atoms with E-state index in [0.29, 0.717) is 48.9 Å². The van der Waals surface area contributed by atoms with E-state index in [1.165, 1.54) is 35.9 Å². The van der Waals surface area contributed by atoms with Crippen LogP contribution in [0.4, 0.5) is 11.6 Å². The van der Waals surface area contributed by atoms with E-state index < -0.39 is 5.97 Å². The van der Waals surface area contributed by atoms with Gasteiger partial charge >= 0.3 is 5.97 Å². The van der Waals surface area contributed by atoms with Crippen molar-refractivity contribution in [2.24, 2.45) is 0 Å². The first-order valence-electron chi connectivity index (χ1n) is 17.0. The van der Waals surface area contributed by atoms with Gasteiger partial charge in [0.05, 0.1) is 19.8 Å². The summed E-state index contributed by atoms with van der Waals surface area (Å²) in [5.74, 6) is -0.0323. The number of aromatic nitrogens is 6. The van der Waals surface area contributed by atoms with Gasteiger partial charge in [-0.2, -0.15) is 0 Å². The highest BCUT2D eigenvalue weighted by Gasteiger charge is 2.27. The Labute approximate surface area is 335 Å². The number of fused-ring (bicyclic) bond motifs is 2. The van der Waals surface area contributed by atoms with Gasteiger partial charge in [0, 0.05) is 46.9 Å². The Morgan fingerprint density at radius 1 is 0.727 bits per heavy atom. The van der Waals surface area contributed by atoms with E-state index in [1.54, 1.807) is 18.5 Å². The number of nitrogens with one attached hydrogen (secondary N) is 3. The maximum Gasteiger partial charge on any atom is 0.341 e. The molecule has 2 aromatic carbocycles. The summed E-state index contributed by atoms with van der Waals surface area (Å²) in [4.78, 5) is 49.5. The summed E-state index contributed by atoms with van der Waals surface area (Å²) in [5.41, 5.74) is 6.31. The number of nitrogens with zero attached hydrogens (tertiary/aromatic N) is 6. The van der Waals surface area contributed by atoms with Crippen molar-refractivity contribution in [3.8, 4) is 0 Å². The van der Waals surface area contributed by atoms with Crippen molar-refractivity contribution >= 4 is 70.2 Å². The molecule has 1 amide bonds. The summed E-state index contributed by atoms with van der Waals surface area (Å²) in [5, 5.41) is 39.8. The number of hydrogen-bond acceptors (Lipinski definition) is 14. The van der Waals surface area contributed by atoms with E-state index in [2.05, 4.69) is 45.9 Å². The number of aliphatic hydroxyl groups excluding tert-OH is 2. The molecule has 0 bridgehead atoms. The van der Waals surface area contributed by atoms with Crippen molar-refractivity contribution in [1.82, 2.24) is 35.2 Å². The van der Waals surface area contributed by atoms with Crippen LogP contribution in [-0.2, 0) is 45.4 Å². The molecule has 3 heterocycles. The molecule has 2 aliphatic carbocycles. The summed E-state index contributed by atoms with van der Waals surface area (Å²) in [6, 6.07) is 9.42. The van der Waals surface area contributed by atoms with Gasteiger partial charge in [-0.25, -0.2) is 34.7 Å². The average Bonchev–Trinajstić information content (AvgIpc) is 3.77. The molecule has 5 aromatic rings. The second-order valence-electron chi connectivity index (χ2n) is 12.6. The zero-order valence-electron chi connectivity index (χ0n) is 29.7. The number of amides is 1. The van der Waals surface area contributed by atoms with Crippen LogP contribution >= 0.6 is 46.7 Å². The van der Waals surface area contributed by atoms with Crippen LogP contribution in [0.5, 0.6) is 0 Å². The first kappa shape index (κ1) is 40.1. The highest BCUT2D eigenvalue weighted by molar-refractivity contribution is 7.98. The molecular formula is C37H37Cl2N9O5S2. The summed E-state index contributed by atoms with van der Waals surface area (Å²) >= 11 is 15.1. The quantitative estimate of drug-likeness (QED) is 0.0701. The van der Waals surface area contributed by atoms with Gasteiger partial charge in [0.25, 0.3) is 5.91 Å². The molecule has 0 saturated carbocycles. The summed E-state index contributed by atoms with van der Waals surface area (Å²) < 4.78 is 0. The number of halogens is 2. The van der Waals surface area contributed by atoms with Crippen LogP contribution in [0, 0.1) is 0 Å². The Bertz CT molecular complexity index is 2200. The Balaban J connectivity index is 0.000000193. The van der Waals surface area contributed by atoms with Crippen LogP contribution in [0.2, 0.25) is 10.0 Å². The van der Waals surface area contributed by atoms with E-state index in [-0.39, 0.29) is 43.3 Å². The van der Waals surface area contributed by atoms with Gasteiger partial charge < -0.3 is 31.3 Å². The number of carbonyl (C=O) groups excluding carboxylic acids is 1. The molecule has 0 aliphatic heterocycles. The number of aromatic carboxylic acids is 1. The monoisotopic (exact) mass is 821 g/mol. The van der Waals surface area contributed by atoms with E-state index >= 15 is 0 Å². The van der Waals surface area contributed by atoms with Crippen molar-refractivity contribution in [3.05, 3.63) is 115 Å². The lowest BCUT2D eigenvalue weighted by atomic mass is 10.1. The van der Waals surface area contributed by atoms with E-state index in [9.17, 15) is 24.9 Å². The molecule has 2 aliphatic rings. The van der Waals surface area contributed by atoms with Gasteiger partial charge in [-0.3, -0.25) is 4.79 Å². The fourth-order valence-electron chi connectivity index (χ4n) is 6.37. The minimum Gasteiger partial charge on any atom is -0.477 e. The normalized spacial score (nSPS) is 15.4. The molecule has 0 saturated heterocycles. The van der Waals surface area contributed by atoms with Crippen molar-refractivity contribution < 1.29 is 24.9 Å². The van der Waals surface area contributed by atoms with Gasteiger partial charge in [-0.05, 0) is 89.8 Å². The number of carbonyl (C=O) groups is 2. The number of aliphatic hydroxyl groups is 2. The molecule has 6 N–H and O–H groups in total. The molecular weight excluding hydrogens is 786 g/mol. The predicted molar refractivity (Wildman–Crippen MR) is 212 cm³/mol. The molecule has 0 radical (unpaired) electrons. The van der Waals surface area contributed by atoms with Crippen molar-refractivity contribution in [2.75, 3.05) is 23.1 Å². The molecule has 0 spiro atoms. The number of benzene rings is 2. The first-order valence-corrected chi connectivity index (χ1v) is 20.2. The summed E-state index contributed by atoms with van der Waals surface area (Å²) in [7, 11) is 0. The van der Waals surface area contributed by atoms with Crippen LogP contribution < -0.4 is 16.0 Å². The van der Waals surface area contributed by atoms with E-state index in [1.807, 2.05) is 36.8 Å². The fraction of sp³-hybridized carbons (Fsp3) is 0.297. The lowest BCUT2D eigenvalue weighted by Gasteiger charge is -2.16. The molecule has 3 aromatic heterocycles. The summed E-state index contributed by atoms with van der Waals surface area (Å²) in [6.07, 6.45) is 12.8. The van der Waals surface area contributed by atoms with Crippen LogP contribution in [0.15, 0.2) is 65.4 Å². The molecule has 7 rings (SSSR count). The summed E-state index contributed by atoms with van der Waals surface area (Å²) in [6.45, 7) is 0.0136. The van der Waals surface area contributed by atoms with Crippen molar-refractivity contribution in [1.29, 1.82) is 0 Å². The van der Waals surface area contributed by atoms with Gasteiger partial charge in [0.1, 0.15) is 28.6 Å². The molecule has 14 nitrogen and oxygen atoms in total. The van der Waals surface area contributed by atoms with E-state index in [4.69, 9.17) is 23.2 Å². The molecule has 2 atom stereocenters. The Morgan fingerprint density at radius 2 is 1.18 bits per heavy atom. The fourth-order valence-corrected chi connectivity index (χ4v) is 7.54. The third-order valence-corrected chi connectivity index (χ3v) is 10.9. The van der Waals surface area contributed by atoms with Crippen LogP contribution in [-0.4, -0.2) is 81.7 Å². The van der Waals surface area contributed by atoms with Crippen LogP contribution in [0.1, 0.15) is 59.9 Å². The Hall–Kier alpha value is -4.58. The smallest absolute Gasteiger partial charge is 0.341 e. The largest absolute Gasteiger partial charge is 0.477 e. The number of carboxylic acid groups (broad SMARTS) is 1. The van der Waals surface area contributed by atoms with Crippen molar-refractivity contribution in [2.45, 2.75) is 67.8 Å². The average molecular weight is 823 g/mol. The Kier molecular flexibility index (Phi) is 13.4. The van der Waals surface area contributed by atoms with Gasteiger partial charge in [-0.1, -0.05) is 58.9 Å². The molecule has 0 fully saturated rings. The second-order valence-corrected chi connectivity index (χ2v) is 15.0. The third kappa shape index (κ3) is 9.81. The lowest BCUT2D eigenvalue weighted by Crippen LogP contribution is -2.28. The number of anilines is 2. The topological polar surface area (TPSA) is 208 Å². The zero-order chi connectivity index (χ0) is 39.1. The van der Waals surface area contributed by atoms with Crippen LogP contribution in [0.3, 0.4) is 0 Å². The van der Waals surface area contributed by atoms with E-state index in [0.717, 1.165) is 53.5 Å². The van der Waals surface area contributed by atoms with Crippen molar-refractivity contribution in [3.63, 3.8) is 0 Å². The van der Waals surface area contributed by atoms with Crippen LogP contribution in [0.25, 0.3) is 0 Å². The lowest BCUT2D eigenvalue weighted by molar-refractivity contribution is 0.0696. The number of hydrogen-bond donors (Lipinski definition) is 6. The van der Waals surface area contributed by atoms with Gasteiger partial charge in [0.2, 0.25) is 0 Å². The third-order valence-electron chi connectivity index (χ3n) is 9.02. The standard InChI is InChI=1S/C21H21ClN6O2S.C16H16ClN3O3S/c1-31-21-26-9-16(20(30)25-10-18-23-3-2-4-24-18)19(28-21)27-15-6-12-5-14(11-29)17(22)8-13(12)7-15;1-24-16-18-6-12(15(22)23)14(20-16)19-11-3-8-2-10(7-21)13(17)5-9(8)4-11/h2-5,8-9,15,29H,6-7,10-11H2,1H3,(H,25,30)(H,26,27,28);2,5-6,11,21H,3-4,7H2,1H3,(H,22,23)(H,18,19,20). The highest BCUT2D eigenvalue weighted by Crippen LogP contribution is 2.32. The number of thioether (sulfide) groups is 2. The first-order chi connectivity index (χ1) is 26.6. The maximum atomic E-state index is 12.8. The zero-order valence-corrected chi connectivity index (χ0v) is 32.9. The molecule has 55 heavy (non-hydrogen) atoms. The number of rotatable bonds is 12. The minimum atomic E-state index is -1.06. The predicted octanol–water partition coefficient (Wildman–Crippen LogP) is 5.27. The minimum absolute atomic E-state index is 0.0210. The number of carboxylic acids is 1. The van der Waals surface area contributed by atoms with Gasteiger partial charge in [0.15, 0.2) is 10.3 Å². The Morgan fingerprint density at radius 3 is 1.64 bits per heavy atom. The highest BCUT2D eigenvalue weighted by atomic mass is 35.5. The van der Waals surface area contributed by atoms with Gasteiger partial charge in [-0.15, -0.1) is 0 Å². The molecule has 286 valence electrons. The SMILES string of the molecule is CSc1ncc(C(=O)NCc2ncccn2)c(NC2Cc3cc(Cl)c(CO)cc3C2)n1.CSc1ncc(C(=O)O)c(NC2Cc3cc(Cl)c(CO)cc3C2)n1. The molecule has 2 unspecified atom stereocenters. The molecule has 18 heteroatoms.